The third kappa shape index (κ3) is 2.69. The number of hydrogen-bond acceptors (Lipinski definition) is 1. The molecule has 0 aliphatic heterocycles. The Hall–Kier alpha value is -1.57. The minimum atomic E-state index is -0.900. The predicted molar refractivity (Wildman–Crippen MR) is 61.9 cm³/mol. The number of hydrogen-bond donors (Lipinski definition) is 1. The maximum atomic E-state index is 10.7. The van der Waals surface area contributed by atoms with Gasteiger partial charge in [-0.05, 0) is 28.7 Å². The van der Waals surface area contributed by atoms with Crippen molar-refractivity contribution in [1.82, 2.24) is 0 Å². The lowest BCUT2D eigenvalue weighted by Crippen LogP contribution is -2.07. The molecule has 0 aromatic heterocycles. The van der Waals surface area contributed by atoms with Crippen molar-refractivity contribution in [2.45, 2.75) is 20.8 Å². The van der Waals surface area contributed by atoms with E-state index in [1.54, 1.807) is 24.3 Å². The third-order valence-electron chi connectivity index (χ3n) is 2.39. The Kier molecular flexibility index (Phi) is 2.98. The van der Waals surface area contributed by atoms with Gasteiger partial charge in [-0.1, -0.05) is 39.5 Å². The molecule has 1 rings (SSSR count). The minimum Gasteiger partial charge on any atom is -0.478 e. The number of carboxylic acid groups (broad SMARTS) is 1. The first-order valence-corrected chi connectivity index (χ1v) is 4.85. The topological polar surface area (TPSA) is 37.3 Å². The lowest BCUT2D eigenvalue weighted by Gasteiger charge is -2.22. The zero-order chi connectivity index (χ0) is 11.6. The Morgan fingerprint density at radius 2 is 1.53 bits per heavy atom. The second kappa shape index (κ2) is 3.89. The third-order valence-corrected chi connectivity index (χ3v) is 2.39. The fraction of sp³-hybridized carbons (Fsp3) is 0.308. The standard InChI is InChI=1S/C13H16O2/c1-9(13(2,3)4)10-5-7-11(8-6-10)12(14)15/h5-8H,1H2,2-4H3,(H,14,15). The summed E-state index contributed by atoms with van der Waals surface area (Å²) in [6, 6.07) is 6.82. The normalized spacial score (nSPS) is 11.1. The summed E-state index contributed by atoms with van der Waals surface area (Å²) in [6.45, 7) is 10.3. The molecule has 15 heavy (non-hydrogen) atoms. The highest BCUT2D eigenvalue weighted by molar-refractivity contribution is 5.88. The van der Waals surface area contributed by atoms with Crippen LogP contribution in [0.5, 0.6) is 0 Å². The van der Waals surface area contributed by atoms with Gasteiger partial charge in [0.05, 0.1) is 5.56 Å². The average molecular weight is 204 g/mol. The summed E-state index contributed by atoms with van der Waals surface area (Å²) in [5.41, 5.74) is 2.32. The van der Waals surface area contributed by atoms with Crippen LogP contribution in [0, 0.1) is 5.41 Å². The van der Waals surface area contributed by atoms with Crippen molar-refractivity contribution in [3.8, 4) is 0 Å². The van der Waals surface area contributed by atoms with Crippen molar-refractivity contribution in [2.75, 3.05) is 0 Å². The summed E-state index contributed by atoms with van der Waals surface area (Å²) in [5.74, 6) is -0.900. The summed E-state index contributed by atoms with van der Waals surface area (Å²) < 4.78 is 0. The van der Waals surface area contributed by atoms with E-state index in [2.05, 4.69) is 27.4 Å². The largest absolute Gasteiger partial charge is 0.478 e. The molecule has 0 spiro atoms. The van der Waals surface area contributed by atoms with Crippen LogP contribution >= 0.6 is 0 Å². The molecule has 0 radical (unpaired) electrons. The molecule has 1 aromatic rings. The van der Waals surface area contributed by atoms with E-state index in [0.29, 0.717) is 5.56 Å². The molecule has 2 nitrogen and oxygen atoms in total. The fourth-order valence-corrected chi connectivity index (χ4v) is 1.25. The Balaban J connectivity index is 3.00. The molecule has 80 valence electrons. The van der Waals surface area contributed by atoms with Crippen molar-refractivity contribution in [2.24, 2.45) is 5.41 Å². The van der Waals surface area contributed by atoms with Gasteiger partial charge in [-0.15, -0.1) is 0 Å². The van der Waals surface area contributed by atoms with E-state index >= 15 is 0 Å². The maximum absolute atomic E-state index is 10.7. The van der Waals surface area contributed by atoms with Gasteiger partial charge in [0.1, 0.15) is 0 Å². The molecular formula is C13H16O2. The van der Waals surface area contributed by atoms with Gasteiger partial charge >= 0.3 is 5.97 Å². The minimum absolute atomic E-state index is 0.00470. The van der Waals surface area contributed by atoms with Crippen LogP contribution in [0.2, 0.25) is 0 Å². The predicted octanol–water partition coefficient (Wildman–Crippen LogP) is 3.44. The first kappa shape index (κ1) is 11.5. The summed E-state index contributed by atoms with van der Waals surface area (Å²) in [4.78, 5) is 10.7. The molecule has 0 atom stereocenters. The molecule has 2 heteroatoms. The average Bonchev–Trinajstić information content (AvgIpc) is 2.15. The molecule has 0 aliphatic carbocycles. The van der Waals surface area contributed by atoms with Gasteiger partial charge in [0.2, 0.25) is 0 Å². The van der Waals surface area contributed by atoms with Crippen LogP contribution in [0.25, 0.3) is 5.57 Å². The SMILES string of the molecule is C=C(c1ccc(C(=O)O)cc1)C(C)(C)C. The van der Waals surface area contributed by atoms with Crippen LogP contribution in [0.4, 0.5) is 0 Å². The Morgan fingerprint density at radius 3 is 1.87 bits per heavy atom. The van der Waals surface area contributed by atoms with Gasteiger partial charge in [-0.2, -0.15) is 0 Å². The quantitative estimate of drug-likeness (QED) is 0.801. The molecule has 0 heterocycles. The Labute approximate surface area is 90.3 Å². The van der Waals surface area contributed by atoms with Crippen LogP contribution in [0.15, 0.2) is 30.8 Å². The number of aromatic carboxylic acids is 1. The van der Waals surface area contributed by atoms with Gasteiger partial charge in [-0.3, -0.25) is 0 Å². The molecule has 1 N–H and O–H groups in total. The molecule has 0 bridgehead atoms. The fourth-order valence-electron chi connectivity index (χ4n) is 1.25. The highest BCUT2D eigenvalue weighted by Gasteiger charge is 2.16. The van der Waals surface area contributed by atoms with E-state index in [0.717, 1.165) is 11.1 Å². The van der Waals surface area contributed by atoms with E-state index in [1.165, 1.54) is 0 Å². The maximum Gasteiger partial charge on any atom is 0.335 e. The smallest absolute Gasteiger partial charge is 0.335 e. The lowest BCUT2D eigenvalue weighted by molar-refractivity contribution is 0.0697. The second-order valence-corrected chi connectivity index (χ2v) is 4.61. The molecule has 0 fully saturated rings. The van der Waals surface area contributed by atoms with Gasteiger partial charge in [-0.25, -0.2) is 4.79 Å². The highest BCUT2D eigenvalue weighted by Crippen LogP contribution is 2.32. The van der Waals surface area contributed by atoms with Crippen LogP contribution < -0.4 is 0 Å². The van der Waals surface area contributed by atoms with E-state index in [1.807, 2.05) is 0 Å². The van der Waals surface area contributed by atoms with Crippen molar-refractivity contribution in [3.05, 3.63) is 42.0 Å². The van der Waals surface area contributed by atoms with E-state index in [9.17, 15) is 4.79 Å². The number of carbonyl (C=O) groups is 1. The van der Waals surface area contributed by atoms with Crippen molar-refractivity contribution in [1.29, 1.82) is 0 Å². The van der Waals surface area contributed by atoms with Gasteiger partial charge in [0, 0.05) is 0 Å². The zero-order valence-electron chi connectivity index (χ0n) is 9.37. The molecule has 0 aliphatic rings. The van der Waals surface area contributed by atoms with Crippen molar-refractivity contribution < 1.29 is 9.90 Å². The van der Waals surface area contributed by atoms with Gasteiger partial charge in [0.15, 0.2) is 0 Å². The van der Waals surface area contributed by atoms with E-state index in [4.69, 9.17) is 5.11 Å². The number of carboxylic acids is 1. The summed E-state index contributed by atoms with van der Waals surface area (Å²) in [5, 5.41) is 8.75. The van der Waals surface area contributed by atoms with Crippen molar-refractivity contribution in [3.63, 3.8) is 0 Å². The van der Waals surface area contributed by atoms with Gasteiger partial charge in [0.25, 0.3) is 0 Å². The highest BCUT2D eigenvalue weighted by atomic mass is 16.4. The molecule has 0 unspecified atom stereocenters. The van der Waals surface area contributed by atoms with Gasteiger partial charge < -0.3 is 5.11 Å². The van der Waals surface area contributed by atoms with Crippen molar-refractivity contribution >= 4 is 11.5 Å². The van der Waals surface area contributed by atoms with E-state index in [-0.39, 0.29) is 5.41 Å². The lowest BCUT2D eigenvalue weighted by atomic mass is 9.83. The first-order valence-electron chi connectivity index (χ1n) is 4.85. The number of allylic oxidation sites excluding steroid dienone is 1. The number of rotatable bonds is 2. The van der Waals surface area contributed by atoms with Crippen LogP contribution in [-0.2, 0) is 0 Å². The summed E-state index contributed by atoms with van der Waals surface area (Å²) >= 11 is 0. The van der Waals surface area contributed by atoms with E-state index < -0.39 is 5.97 Å². The summed E-state index contributed by atoms with van der Waals surface area (Å²) in [6.07, 6.45) is 0. The molecule has 0 amide bonds. The molecule has 0 saturated carbocycles. The van der Waals surface area contributed by atoms with Crippen LogP contribution in [-0.4, -0.2) is 11.1 Å². The summed E-state index contributed by atoms with van der Waals surface area (Å²) in [7, 11) is 0. The Morgan fingerprint density at radius 1 is 1.13 bits per heavy atom. The molecular weight excluding hydrogens is 188 g/mol. The monoisotopic (exact) mass is 204 g/mol. The zero-order valence-corrected chi connectivity index (χ0v) is 9.37. The Bertz CT molecular complexity index is 380. The van der Waals surface area contributed by atoms with Crippen LogP contribution in [0.1, 0.15) is 36.7 Å². The van der Waals surface area contributed by atoms with Crippen LogP contribution in [0.3, 0.4) is 0 Å². The second-order valence-electron chi connectivity index (χ2n) is 4.61. The number of benzene rings is 1. The first-order chi connectivity index (χ1) is 6.82. The molecule has 0 saturated heterocycles. The molecule has 1 aromatic carbocycles.